The van der Waals surface area contributed by atoms with E-state index in [4.69, 9.17) is 5.11 Å². The summed E-state index contributed by atoms with van der Waals surface area (Å²) in [7, 11) is 0. The van der Waals surface area contributed by atoms with Gasteiger partial charge in [-0.05, 0) is 6.07 Å². The molecule has 0 aliphatic carbocycles. The van der Waals surface area contributed by atoms with Gasteiger partial charge >= 0.3 is 5.97 Å². The number of hydrogen-bond donors (Lipinski definition) is 1. The third kappa shape index (κ3) is 1.50. The Labute approximate surface area is 69.6 Å². The molecular formula is C9H7O3. The minimum atomic E-state index is -1.11. The Bertz CT molecular complexity index is 295. The van der Waals surface area contributed by atoms with Gasteiger partial charge in [-0.25, -0.2) is 4.79 Å². The second-order valence-electron chi connectivity index (χ2n) is 2.27. The second kappa shape index (κ2) is 3.17. The molecule has 1 radical (unpaired) electrons. The largest absolute Gasteiger partial charge is 0.478 e. The monoisotopic (exact) mass is 163 g/mol. The second-order valence-corrected chi connectivity index (χ2v) is 2.27. The van der Waals surface area contributed by atoms with Crippen LogP contribution >= 0.6 is 0 Å². The fourth-order valence-corrected chi connectivity index (χ4v) is 0.913. The van der Waals surface area contributed by atoms with E-state index in [9.17, 15) is 9.59 Å². The van der Waals surface area contributed by atoms with Gasteiger partial charge in [0.2, 0.25) is 0 Å². The summed E-state index contributed by atoms with van der Waals surface area (Å²) in [5, 5.41) is 8.63. The first-order chi connectivity index (χ1) is 5.63. The minimum Gasteiger partial charge on any atom is -0.478 e. The quantitative estimate of drug-likeness (QED) is 0.670. The Kier molecular flexibility index (Phi) is 2.24. The van der Waals surface area contributed by atoms with Crippen LogP contribution in [-0.4, -0.2) is 16.9 Å². The first kappa shape index (κ1) is 8.46. The van der Waals surface area contributed by atoms with Crippen molar-refractivity contribution in [3.05, 3.63) is 42.3 Å². The summed E-state index contributed by atoms with van der Waals surface area (Å²) in [5.74, 6) is -1.59. The van der Waals surface area contributed by atoms with Gasteiger partial charge in [0, 0.05) is 12.5 Å². The van der Waals surface area contributed by atoms with Gasteiger partial charge in [-0.1, -0.05) is 18.2 Å². The lowest BCUT2D eigenvalue weighted by Gasteiger charge is -1.99. The molecule has 0 fully saturated rings. The maximum Gasteiger partial charge on any atom is 0.336 e. The molecule has 0 unspecified atom stereocenters. The van der Waals surface area contributed by atoms with Crippen molar-refractivity contribution in [3.63, 3.8) is 0 Å². The van der Waals surface area contributed by atoms with Crippen molar-refractivity contribution in [2.75, 3.05) is 0 Å². The van der Waals surface area contributed by atoms with Gasteiger partial charge < -0.3 is 5.11 Å². The maximum atomic E-state index is 10.8. The molecule has 0 saturated heterocycles. The van der Waals surface area contributed by atoms with Gasteiger partial charge in [0.1, 0.15) is 0 Å². The number of aromatic carboxylic acids is 1. The number of carbonyl (C=O) groups is 2. The Balaban J connectivity index is 3.27. The topological polar surface area (TPSA) is 54.4 Å². The molecule has 12 heavy (non-hydrogen) atoms. The highest BCUT2D eigenvalue weighted by atomic mass is 16.4. The number of hydrogen-bond acceptors (Lipinski definition) is 2. The van der Waals surface area contributed by atoms with Crippen LogP contribution in [0.15, 0.2) is 24.3 Å². The number of Topliss-reactive ketones (excluding diaryl/α,β-unsaturated/α-hetero) is 1. The molecule has 0 aliphatic heterocycles. The molecule has 1 aromatic rings. The van der Waals surface area contributed by atoms with Crippen molar-refractivity contribution in [3.8, 4) is 0 Å². The number of carboxylic acids is 1. The maximum absolute atomic E-state index is 10.8. The zero-order chi connectivity index (χ0) is 9.14. The van der Waals surface area contributed by atoms with E-state index in [1.165, 1.54) is 12.1 Å². The molecule has 3 heteroatoms. The summed E-state index contributed by atoms with van der Waals surface area (Å²) in [6, 6.07) is 5.99. The van der Waals surface area contributed by atoms with Gasteiger partial charge in [0.25, 0.3) is 0 Å². The van der Waals surface area contributed by atoms with E-state index in [-0.39, 0.29) is 11.1 Å². The van der Waals surface area contributed by atoms with Crippen LogP contribution in [-0.2, 0) is 0 Å². The Morgan fingerprint density at radius 1 is 1.17 bits per heavy atom. The molecule has 0 saturated carbocycles. The summed E-state index contributed by atoms with van der Waals surface area (Å²) in [4.78, 5) is 21.3. The zero-order valence-electron chi connectivity index (χ0n) is 6.28. The Hall–Kier alpha value is -1.64. The van der Waals surface area contributed by atoms with Crippen molar-refractivity contribution in [2.45, 2.75) is 0 Å². The fraction of sp³-hybridized carbons (Fsp3) is 0. The average molecular weight is 163 g/mol. The fourth-order valence-electron chi connectivity index (χ4n) is 0.913. The summed E-state index contributed by atoms with van der Waals surface area (Å²) in [6.45, 7) is 3.15. The molecule has 0 aromatic heterocycles. The van der Waals surface area contributed by atoms with Crippen molar-refractivity contribution in [1.82, 2.24) is 0 Å². The number of benzene rings is 1. The lowest BCUT2D eigenvalue weighted by atomic mass is 10.1. The molecule has 1 aromatic carbocycles. The molecule has 0 atom stereocenters. The van der Waals surface area contributed by atoms with Crippen molar-refractivity contribution < 1.29 is 14.7 Å². The highest BCUT2D eigenvalue weighted by Gasteiger charge is 2.11. The summed E-state index contributed by atoms with van der Waals surface area (Å²) in [6.07, 6.45) is 0. The van der Waals surface area contributed by atoms with Crippen molar-refractivity contribution >= 4 is 11.8 Å². The van der Waals surface area contributed by atoms with Crippen molar-refractivity contribution in [1.29, 1.82) is 0 Å². The van der Waals surface area contributed by atoms with Crippen LogP contribution in [0.1, 0.15) is 20.7 Å². The van der Waals surface area contributed by atoms with Gasteiger partial charge in [-0.2, -0.15) is 0 Å². The van der Waals surface area contributed by atoms with Crippen LogP contribution in [0, 0.1) is 6.92 Å². The van der Waals surface area contributed by atoms with E-state index in [1.807, 2.05) is 0 Å². The highest BCUT2D eigenvalue weighted by molar-refractivity contribution is 6.07. The molecule has 61 valence electrons. The Morgan fingerprint density at radius 2 is 1.67 bits per heavy atom. The number of carbonyl (C=O) groups excluding carboxylic acids is 1. The molecule has 1 N–H and O–H groups in total. The van der Waals surface area contributed by atoms with Crippen LogP contribution in [0.5, 0.6) is 0 Å². The van der Waals surface area contributed by atoms with Gasteiger partial charge in [-0.3, -0.25) is 4.79 Å². The number of rotatable bonds is 2. The van der Waals surface area contributed by atoms with Crippen LogP contribution in [0.25, 0.3) is 0 Å². The van der Waals surface area contributed by atoms with Crippen LogP contribution in [0.4, 0.5) is 0 Å². The van der Waals surface area contributed by atoms with Crippen LogP contribution in [0.3, 0.4) is 0 Å². The lowest BCUT2D eigenvalue weighted by Crippen LogP contribution is -2.05. The minimum absolute atomic E-state index is 0.00231. The van der Waals surface area contributed by atoms with Crippen LogP contribution in [0.2, 0.25) is 0 Å². The van der Waals surface area contributed by atoms with E-state index in [0.717, 1.165) is 0 Å². The first-order valence-electron chi connectivity index (χ1n) is 3.31. The smallest absolute Gasteiger partial charge is 0.336 e. The van der Waals surface area contributed by atoms with Gasteiger partial charge in [0.15, 0.2) is 5.78 Å². The predicted octanol–water partition coefficient (Wildman–Crippen LogP) is 1.40. The van der Waals surface area contributed by atoms with E-state index < -0.39 is 11.8 Å². The number of carboxylic acid groups (broad SMARTS) is 1. The zero-order valence-corrected chi connectivity index (χ0v) is 6.28. The van der Waals surface area contributed by atoms with E-state index >= 15 is 0 Å². The third-order valence-electron chi connectivity index (χ3n) is 1.46. The van der Waals surface area contributed by atoms with Gasteiger partial charge in [-0.15, -0.1) is 0 Å². The van der Waals surface area contributed by atoms with Crippen molar-refractivity contribution in [2.24, 2.45) is 0 Å². The molecule has 1 rings (SSSR count). The SMILES string of the molecule is [CH2]C(=O)c1ccccc1C(=O)O. The lowest BCUT2D eigenvalue weighted by molar-refractivity contribution is 0.0693. The normalized spacial score (nSPS) is 9.42. The molecule has 0 aliphatic rings. The van der Waals surface area contributed by atoms with E-state index in [1.54, 1.807) is 12.1 Å². The summed E-state index contributed by atoms with van der Waals surface area (Å²) in [5.41, 5.74) is 0.141. The highest BCUT2D eigenvalue weighted by Crippen LogP contribution is 2.08. The van der Waals surface area contributed by atoms with Crippen LogP contribution < -0.4 is 0 Å². The molecule has 0 heterocycles. The third-order valence-corrected chi connectivity index (χ3v) is 1.46. The summed E-state index contributed by atoms with van der Waals surface area (Å²) < 4.78 is 0. The average Bonchev–Trinajstić information content (AvgIpc) is 2.04. The predicted molar refractivity (Wildman–Crippen MR) is 43.1 cm³/mol. The van der Waals surface area contributed by atoms with E-state index in [2.05, 4.69) is 6.92 Å². The first-order valence-corrected chi connectivity index (χ1v) is 3.31. The van der Waals surface area contributed by atoms with Gasteiger partial charge in [0.05, 0.1) is 5.56 Å². The van der Waals surface area contributed by atoms with E-state index in [0.29, 0.717) is 0 Å². The summed E-state index contributed by atoms with van der Waals surface area (Å²) >= 11 is 0. The number of ketones is 1. The molecule has 0 amide bonds. The standard InChI is InChI=1S/C9H7O3/c1-6(10)7-4-2-3-5-8(7)9(11)12/h2-5H,1H2,(H,11,12). The molecule has 3 nitrogen and oxygen atoms in total. The molecular weight excluding hydrogens is 156 g/mol. The molecule has 0 bridgehead atoms. The Morgan fingerprint density at radius 3 is 2.00 bits per heavy atom. The molecule has 0 spiro atoms.